The number of nitrogens with one attached hydrogen (secondary N) is 1. The van der Waals surface area contributed by atoms with Crippen molar-refractivity contribution in [1.29, 1.82) is 0 Å². The minimum atomic E-state index is -0.934. The van der Waals surface area contributed by atoms with E-state index in [1.165, 1.54) is 0 Å². The highest BCUT2D eigenvalue weighted by Crippen LogP contribution is 2.31. The topological polar surface area (TPSA) is 71.7 Å². The highest BCUT2D eigenvalue weighted by Gasteiger charge is 2.19. The van der Waals surface area contributed by atoms with E-state index < -0.39 is 12.2 Å². The summed E-state index contributed by atoms with van der Waals surface area (Å²) in [5, 5.41) is 13.9. The Bertz CT molecular complexity index is 870. The van der Waals surface area contributed by atoms with E-state index in [9.17, 15) is 9.90 Å². The number of hydrogen-bond acceptors (Lipinski definition) is 4. The molecule has 2 aromatic carbocycles. The van der Waals surface area contributed by atoms with Crippen LogP contribution < -0.4 is 5.32 Å². The van der Waals surface area contributed by atoms with Crippen LogP contribution in [-0.2, 0) is 11.3 Å². The van der Waals surface area contributed by atoms with Gasteiger partial charge in [0.2, 0.25) is 0 Å². The zero-order valence-electron chi connectivity index (χ0n) is 14.3. The molecule has 0 radical (unpaired) electrons. The van der Waals surface area contributed by atoms with Gasteiger partial charge in [-0.15, -0.1) is 0 Å². The molecule has 1 atom stereocenters. The second-order valence-electron chi connectivity index (χ2n) is 6.00. The number of rotatable bonds is 5. The van der Waals surface area contributed by atoms with Gasteiger partial charge in [-0.05, 0) is 25.0 Å². The highest BCUT2D eigenvalue weighted by atomic mass is 16.5. The number of aryl methyl sites for hydroxylation is 2. The Labute approximate surface area is 146 Å². The van der Waals surface area contributed by atoms with Gasteiger partial charge < -0.3 is 19.6 Å². The number of benzene rings is 2. The molecule has 3 rings (SSSR count). The number of fused-ring (bicyclic) bond motifs is 1. The molecule has 0 bridgehead atoms. The van der Waals surface area contributed by atoms with Crippen LogP contribution in [0.1, 0.15) is 28.6 Å². The van der Waals surface area contributed by atoms with Crippen molar-refractivity contribution in [3.63, 3.8) is 0 Å². The van der Waals surface area contributed by atoms with Gasteiger partial charge in [-0.3, -0.25) is 0 Å². The largest absolute Gasteiger partial charge is 0.458 e. The first-order valence-electron chi connectivity index (χ1n) is 8.17. The molecular weight excluding hydrogens is 318 g/mol. The standard InChI is InChI=1S/C20H21NO4/c1-13-7-6-10-16-14(2)19(25-18(13)16)17(22)11-21-20(23)24-12-15-8-4-3-5-9-15/h3-10,17,22H,11-12H2,1-2H3,(H,21,23)/t17-/m1/s1. The number of para-hydroxylation sites is 1. The van der Waals surface area contributed by atoms with Gasteiger partial charge >= 0.3 is 6.09 Å². The lowest BCUT2D eigenvalue weighted by molar-refractivity contribution is 0.119. The third-order valence-corrected chi connectivity index (χ3v) is 4.15. The number of hydrogen-bond donors (Lipinski definition) is 2. The third kappa shape index (κ3) is 3.83. The molecule has 5 nitrogen and oxygen atoms in total. The van der Waals surface area contributed by atoms with Gasteiger partial charge in [0.15, 0.2) is 0 Å². The van der Waals surface area contributed by atoms with E-state index in [1.807, 2.05) is 62.4 Å². The van der Waals surface area contributed by atoms with Gasteiger partial charge in [-0.1, -0.05) is 48.5 Å². The number of ether oxygens (including phenoxy) is 1. The van der Waals surface area contributed by atoms with E-state index in [1.54, 1.807) is 0 Å². The van der Waals surface area contributed by atoms with Gasteiger partial charge in [0.1, 0.15) is 24.1 Å². The van der Waals surface area contributed by atoms with E-state index >= 15 is 0 Å². The van der Waals surface area contributed by atoms with Crippen LogP contribution in [0.25, 0.3) is 11.0 Å². The van der Waals surface area contributed by atoms with Gasteiger partial charge in [0, 0.05) is 10.9 Å². The van der Waals surface area contributed by atoms with Crippen LogP contribution in [0.4, 0.5) is 4.79 Å². The summed E-state index contributed by atoms with van der Waals surface area (Å²) >= 11 is 0. The quantitative estimate of drug-likeness (QED) is 0.737. The van der Waals surface area contributed by atoms with Crippen LogP contribution >= 0.6 is 0 Å². The number of aliphatic hydroxyl groups is 1. The van der Waals surface area contributed by atoms with Crippen LogP contribution in [0.3, 0.4) is 0 Å². The molecule has 0 saturated carbocycles. The second-order valence-corrected chi connectivity index (χ2v) is 6.00. The molecule has 5 heteroatoms. The summed E-state index contributed by atoms with van der Waals surface area (Å²) in [5.41, 5.74) is 3.56. The smallest absolute Gasteiger partial charge is 0.407 e. The lowest BCUT2D eigenvalue weighted by Crippen LogP contribution is -2.29. The van der Waals surface area contributed by atoms with E-state index in [2.05, 4.69) is 5.32 Å². The van der Waals surface area contributed by atoms with Gasteiger partial charge in [0.25, 0.3) is 0 Å². The van der Waals surface area contributed by atoms with E-state index in [0.29, 0.717) is 5.76 Å². The summed E-state index contributed by atoms with van der Waals surface area (Å²) in [5.74, 6) is 0.465. The first-order chi connectivity index (χ1) is 12.1. The van der Waals surface area contributed by atoms with Gasteiger partial charge in [-0.2, -0.15) is 0 Å². The second kappa shape index (κ2) is 7.40. The number of furan rings is 1. The molecule has 0 aliphatic carbocycles. The van der Waals surface area contributed by atoms with Crippen molar-refractivity contribution in [1.82, 2.24) is 5.32 Å². The molecule has 3 aromatic rings. The average molecular weight is 339 g/mol. The molecule has 1 aromatic heterocycles. The normalized spacial score (nSPS) is 12.1. The monoisotopic (exact) mass is 339 g/mol. The number of amides is 1. The molecular formula is C20H21NO4. The Morgan fingerprint density at radius 2 is 1.92 bits per heavy atom. The highest BCUT2D eigenvalue weighted by molar-refractivity contribution is 5.84. The Hall–Kier alpha value is -2.79. The van der Waals surface area contributed by atoms with Gasteiger partial charge in [-0.25, -0.2) is 4.79 Å². The molecule has 130 valence electrons. The third-order valence-electron chi connectivity index (χ3n) is 4.15. The molecule has 0 spiro atoms. The summed E-state index contributed by atoms with van der Waals surface area (Å²) in [7, 11) is 0. The zero-order chi connectivity index (χ0) is 17.8. The first kappa shape index (κ1) is 17.0. The van der Waals surface area contributed by atoms with Crippen molar-refractivity contribution in [3.05, 3.63) is 71.0 Å². The summed E-state index contributed by atoms with van der Waals surface area (Å²) in [6.07, 6.45) is -1.51. The number of alkyl carbamates (subject to hydrolysis) is 1. The van der Waals surface area contributed by atoms with Crippen LogP contribution in [0.5, 0.6) is 0 Å². The van der Waals surface area contributed by atoms with Crippen LogP contribution in [0.15, 0.2) is 52.9 Å². The molecule has 0 aliphatic heterocycles. The van der Waals surface area contributed by atoms with E-state index in [0.717, 1.165) is 27.7 Å². The molecule has 0 aliphatic rings. The maximum Gasteiger partial charge on any atom is 0.407 e. The maximum absolute atomic E-state index is 11.8. The number of carbonyl (C=O) groups excluding carboxylic acids is 1. The molecule has 1 amide bonds. The minimum absolute atomic E-state index is 0.0212. The van der Waals surface area contributed by atoms with E-state index in [-0.39, 0.29) is 13.2 Å². The van der Waals surface area contributed by atoms with E-state index in [4.69, 9.17) is 9.15 Å². The van der Waals surface area contributed by atoms with Crippen molar-refractivity contribution < 1.29 is 19.1 Å². The number of carbonyl (C=O) groups is 1. The van der Waals surface area contributed by atoms with Crippen molar-refractivity contribution in [2.75, 3.05) is 6.54 Å². The molecule has 0 fully saturated rings. The Morgan fingerprint density at radius 1 is 1.16 bits per heavy atom. The summed E-state index contributed by atoms with van der Waals surface area (Å²) in [6.45, 7) is 4.07. The van der Waals surface area contributed by atoms with Gasteiger partial charge in [0.05, 0.1) is 6.54 Å². The Kier molecular flexibility index (Phi) is 5.05. The first-order valence-corrected chi connectivity index (χ1v) is 8.17. The fourth-order valence-electron chi connectivity index (χ4n) is 2.77. The zero-order valence-corrected chi connectivity index (χ0v) is 14.3. The predicted molar refractivity (Wildman–Crippen MR) is 95.3 cm³/mol. The van der Waals surface area contributed by atoms with Crippen LogP contribution in [-0.4, -0.2) is 17.7 Å². The SMILES string of the molecule is Cc1c([C@H](O)CNC(=O)OCc2ccccc2)oc2c(C)cccc12. The van der Waals surface area contributed by atoms with Crippen molar-refractivity contribution in [2.24, 2.45) is 0 Å². The molecule has 0 unspecified atom stereocenters. The van der Waals surface area contributed by atoms with Crippen LogP contribution in [0.2, 0.25) is 0 Å². The summed E-state index contributed by atoms with van der Waals surface area (Å²) in [4.78, 5) is 11.8. The lowest BCUT2D eigenvalue weighted by atomic mass is 10.1. The average Bonchev–Trinajstić information content (AvgIpc) is 2.97. The molecule has 1 heterocycles. The lowest BCUT2D eigenvalue weighted by Gasteiger charge is -2.11. The molecule has 25 heavy (non-hydrogen) atoms. The minimum Gasteiger partial charge on any atom is -0.458 e. The Morgan fingerprint density at radius 3 is 2.64 bits per heavy atom. The fraction of sp³-hybridized carbons (Fsp3) is 0.250. The predicted octanol–water partition coefficient (Wildman–Crippen LogP) is 4.01. The van der Waals surface area contributed by atoms with Crippen molar-refractivity contribution >= 4 is 17.1 Å². The van der Waals surface area contributed by atoms with Crippen molar-refractivity contribution in [2.45, 2.75) is 26.6 Å². The van der Waals surface area contributed by atoms with Crippen LogP contribution in [0, 0.1) is 13.8 Å². The summed E-state index contributed by atoms with van der Waals surface area (Å²) < 4.78 is 10.9. The molecule has 2 N–H and O–H groups in total. The fourth-order valence-corrected chi connectivity index (χ4v) is 2.77. The van der Waals surface area contributed by atoms with Crippen molar-refractivity contribution in [3.8, 4) is 0 Å². The molecule has 0 saturated heterocycles. The maximum atomic E-state index is 11.8. The Balaban J connectivity index is 1.59. The summed E-state index contributed by atoms with van der Waals surface area (Å²) in [6, 6.07) is 15.3. The number of aliphatic hydroxyl groups excluding tert-OH is 1.